The van der Waals surface area contributed by atoms with Crippen LogP contribution in [0.15, 0.2) is 22.9 Å². The van der Waals surface area contributed by atoms with E-state index >= 15 is 0 Å². The lowest BCUT2D eigenvalue weighted by Crippen LogP contribution is -2.17. The van der Waals surface area contributed by atoms with Gasteiger partial charge in [-0.15, -0.1) is 0 Å². The van der Waals surface area contributed by atoms with E-state index in [2.05, 4.69) is 41.5 Å². The molecule has 0 spiro atoms. The number of rotatable bonds is 2. The second kappa shape index (κ2) is 5.33. The molecule has 1 amide bonds. The summed E-state index contributed by atoms with van der Waals surface area (Å²) in [6.45, 7) is 1.37. The number of halogens is 4. The highest BCUT2D eigenvalue weighted by atomic mass is 79.9. The fourth-order valence-electron chi connectivity index (χ4n) is 1.96. The highest BCUT2D eigenvalue weighted by molar-refractivity contribution is 9.10. The molecule has 3 rings (SSSR count). The summed E-state index contributed by atoms with van der Waals surface area (Å²) in [6, 6.07) is 1.61. The molecule has 3 heterocycles. The molecule has 0 saturated carbocycles. The number of nitrogens with zero attached hydrogens (tertiary/aromatic N) is 4. The maximum Gasteiger partial charge on any atom is 0.437 e. The minimum absolute atomic E-state index is 0.0857. The Morgan fingerprint density at radius 1 is 1.43 bits per heavy atom. The van der Waals surface area contributed by atoms with Crippen LogP contribution in [0.5, 0.6) is 0 Å². The van der Waals surface area contributed by atoms with Gasteiger partial charge in [0.2, 0.25) is 0 Å². The number of H-pyrrole nitrogens is 1. The smallest absolute Gasteiger partial charge is 0.317 e. The largest absolute Gasteiger partial charge is 0.437 e. The monoisotopic (exact) mass is 388 g/mol. The molecule has 0 aromatic carbocycles. The highest BCUT2D eigenvalue weighted by Gasteiger charge is 2.38. The number of aromatic amines is 1. The first-order chi connectivity index (χ1) is 10.8. The van der Waals surface area contributed by atoms with Gasteiger partial charge >= 0.3 is 6.18 Å². The van der Waals surface area contributed by atoms with Crippen LogP contribution in [0.3, 0.4) is 0 Å². The Kier molecular flexibility index (Phi) is 3.59. The summed E-state index contributed by atoms with van der Waals surface area (Å²) in [5.74, 6) is -0.808. The SMILES string of the molecule is Cc1[nH]nc(C(F)(F)F)c1NC(=O)c1nn2cccnc2c1Br. The Bertz CT molecular complexity index is 900. The second-order valence-corrected chi connectivity index (χ2v) is 5.37. The minimum atomic E-state index is -4.69. The van der Waals surface area contributed by atoms with Crippen LogP contribution in [0.25, 0.3) is 5.65 Å². The predicted molar refractivity (Wildman–Crippen MR) is 77.0 cm³/mol. The summed E-state index contributed by atoms with van der Waals surface area (Å²) in [5, 5.41) is 11.6. The van der Waals surface area contributed by atoms with Crippen LogP contribution in [0, 0.1) is 6.92 Å². The van der Waals surface area contributed by atoms with Crippen molar-refractivity contribution in [2.75, 3.05) is 5.32 Å². The normalized spacial score (nSPS) is 11.9. The van der Waals surface area contributed by atoms with E-state index in [1.54, 1.807) is 12.3 Å². The van der Waals surface area contributed by atoms with Crippen molar-refractivity contribution in [3.63, 3.8) is 0 Å². The topological polar surface area (TPSA) is 88.0 Å². The number of fused-ring (bicyclic) bond motifs is 1. The number of nitrogens with one attached hydrogen (secondary N) is 2. The lowest BCUT2D eigenvalue weighted by atomic mass is 10.2. The van der Waals surface area contributed by atoms with Gasteiger partial charge in [-0.25, -0.2) is 9.50 Å². The third-order valence-electron chi connectivity index (χ3n) is 3.01. The van der Waals surface area contributed by atoms with Crippen molar-refractivity contribution in [2.24, 2.45) is 0 Å². The molecule has 0 saturated heterocycles. The van der Waals surface area contributed by atoms with Gasteiger partial charge in [0, 0.05) is 12.4 Å². The van der Waals surface area contributed by atoms with E-state index in [4.69, 9.17) is 0 Å². The molecule has 0 bridgehead atoms. The highest BCUT2D eigenvalue weighted by Crippen LogP contribution is 2.35. The number of carbonyl (C=O) groups is 1. The molecule has 0 atom stereocenters. The maximum absolute atomic E-state index is 12.9. The summed E-state index contributed by atoms with van der Waals surface area (Å²) >= 11 is 3.18. The van der Waals surface area contributed by atoms with Gasteiger partial charge in [-0.2, -0.15) is 23.4 Å². The number of amides is 1. The molecule has 0 unspecified atom stereocenters. The molecule has 23 heavy (non-hydrogen) atoms. The molecule has 0 aliphatic rings. The number of hydrogen-bond donors (Lipinski definition) is 2. The van der Waals surface area contributed by atoms with Crippen molar-refractivity contribution in [1.82, 2.24) is 24.8 Å². The van der Waals surface area contributed by atoms with Crippen LogP contribution in [0.4, 0.5) is 18.9 Å². The Morgan fingerprint density at radius 3 is 2.83 bits per heavy atom. The van der Waals surface area contributed by atoms with Crippen LogP contribution >= 0.6 is 15.9 Å². The Hall–Kier alpha value is -2.43. The summed E-state index contributed by atoms with van der Waals surface area (Å²) in [4.78, 5) is 16.3. The van der Waals surface area contributed by atoms with E-state index in [0.717, 1.165) is 0 Å². The quantitative estimate of drug-likeness (QED) is 0.706. The van der Waals surface area contributed by atoms with Gasteiger partial charge in [0.15, 0.2) is 17.0 Å². The first-order valence-corrected chi connectivity index (χ1v) is 7.00. The van der Waals surface area contributed by atoms with Crippen molar-refractivity contribution in [3.8, 4) is 0 Å². The van der Waals surface area contributed by atoms with Crippen molar-refractivity contribution in [3.05, 3.63) is 40.0 Å². The zero-order valence-corrected chi connectivity index (χ0v) is 13.0. The fraction of sp³-hybridized carbons (Fsp3) is 0.167. The zero-order chi connectivity index (χ0) is 16.8. The van der Waals surface area contributed by atoms with E-state index < -0.39 is 23.5 Å². The van der Waals surface area contributed by atoms with E-state index in [1.165, 1.54) is 17.6 Å². The lowest BCUT2D eigenvalue weighted by Gasteiger charge is -2.08. The molecule has 11 heteroatoms. The van der Waals surface area contributed by atoms with Crippen molar-refractivity contribution < 1.29 is 18.0 Å². The summed E-state index contributed by atoms with van der Waals surface area (Å²) < 4.78 is 40.3. The van der Waals surface area contributed by atoms with E-state index in [-0.39, 0.29) is 15.9 Å². The van der Waals surface area contributed by atoms with Crippen molar-refractivity contribution in [2.45, 2.75) is 13.1 Å². The third kappa shape index (κ3) is 2.67. The molecule has 120 valence electrons. The first kappa shape index (κ1) is 15.5. The number of anilines is 1. The number of carbonyl (C=O) groups excluding carboxylic acids is 1. The van der Waals surface area contributed by atoms with Gasteiger partial charge in [-0.1, -0.05) is 0 Å². The maximum atomic E-state index is 12.9. The van der Waals surface area contributed by atoms with E-state index in [1.807, 2.05) is 0 Å². The van der Waals surface area contributed by atoms with Gasteiger partial charge in [0.05, 0.1) is 15.9 Å². The third-order valence-corrected chi connectivity index (χ3v) is 3.74. The average Bonchev–Trinajstić information content (AvgIpc) is 3.01. The van der Waals surface area contributed by atoms with Gasteiger partial charge in [-0.3, -0.25) is 9.89 Å². The number of aryl methyl sites for hydroxylation is 1. The molecule has 3 aromatic heterocycles. The first-order valence-electron chi connectivity index (χ1n) is 6.21. The second-order valence-electron chi connectivity index (χ2n) is 4.57. The van der Waals surface area contributed by atoms with Crippen molar-refractivity contribution in [1.29, 1.82) is 0 Å². The van der Waals surface area contributed by atoms with Crippen LogP contribution in [-0.2, 0) is 6.18 Å². The molecule has 7 nitrogen and oxygen atoms in total. The number of aromatic nitrogens is 5. The van der Waals surface area contributed by atoms with Gasteiger partial charge in [-0.05, 0) is 28.9 Å². The van der Waals surface area contributed by atoms with Crippen LogP contribution in [0.2, 0.25) is 0 Å². The summed E-state index contributed by atoms with van der Waals surface area (Å²) in [6.07, 6.45) is -1.62. The standard InChI is InChI=1S/C12H8BrF3N6O/c1-5-7(9(20-19-5)12(14,15)16)18-11(23)8-6(13)10-17-3-2-4-22(10)21-8/h2-4H,1H3,(H,18,23)(H,19,20). The Balaban J connectivity index is 1.99. The predicted octanol–water partition coefficient (Wildman–Crippen LogP) is 2.79. The fourth-order valence-corrected chi connectivity index (χ4v) is 2.51. The molecule has 0 aliphatic heterocycles. The van der Waals surface area contributed by atoms with Crippen LogP contribution in [0.1, 0.15) is 21.9 Å². The minimum Gasteiger partial charge on any atom is -0.317 e. The van der Waals surface area contributed by atoms with E-state index in [0.29, 0.717) is 5.65 Å². The van der Waals surface area contributed by atoms with Crippen molar-refractivity contribution >= 4 is 33.2 Å². The molecule has 0 aliphatic carbocycles. The Labute approximate surface area is 135 Å². The molecule has 0 fully saturated rings. The van der Waals surface area contributed by atoms with E-state index in [9.17, 15) is 18.0 Å². The van der Waals surface area contributed by atoms with Gasteiger partial charge in [0.1, 0.15) is 0 Å². The zero-order valence-electron chi connectivity index (χ0n) is 11.4. The Morgan fingerprint density at radius 2 is 2.17 bits per heavy atom. The molecule has 2 N–H and O–H groups in total. The number of hydrogen-bond acceptors (Lipinski definition) is 4. The summed E-state index contributed by atoms with van der Waals surface area (Å²) in [7, 11) is 0. The number of alkyl halides is 3. The van der Waals surface area contributed by atoms with Crippen LogP contribution < -0.4 is 5.32 Å². The van der Waals surface area contributed by atoms with Crippen LogP contribution in [-0.4, -0.2) is 30.7 Å². The summed E-state index contributed by atoms with van der Waals surface area (Å²) in [5.41, 5.74) is -1.25. The molecule has 0 radical (unpaired) electrons. The lowest BCUT2D eigenvalue weighted by molar-refractivity contribution is -0.140. The van der Waals surface area contributed by atoms with Gasteiger partial charge < -0.3 is 5.32 Å². The average molecular weight is 389 g/mol. The molecular weight excluding hydrogens is 381 g/mol. The molecule has 3 aromatic rings. The molecular formula is C12H8BrF3N6O. The van der Waals surface area contributed by atoms with Gasteiger partial charge in [0.25, 0.3) is 5.91 Å².